The van der Waals surface area contributed by atoms with Gasteiger partial charge in [-0.2, -0.15) is 0 Å². The Hall–Kier alpha value is -8.24. The van der Waals surface area contributed by atoms with Crippen molar-refractivity contribution in [2.24, 2.45) is 0 Å². The summed E-state index contributed by atoms with van der Waals surface area (Å²) < 4.78 is 12.3. The van der Waals surface area contributed by atoms with Crippen molar-refractivity contribution in [2.45, 2.75) is 19.3 Å². The molecule has 2 heterocycles. The van der Waals surface area contributed by atoms with Gasteiger partial charge in [-0.05, 0) is 96.1 Å². The number of rotatable bonds is 8. The summed E-state index contributed by atoms with van der Waals surface area (Å²) in [5.74, 6) is 0.205. The van der Waals surface area contributed by atoms with Gasteiger partial charge in [0.15, 0.2) is 0 Å². The Morgan fingerprint density at radius 2 is 0.738 bits per heavy atom. The van der Waals surface area contributed by atoms with Crippen LogP contribution in [-0.2, 0) is 5.41 Å². The molecule has 296 valence electrons. The molecule has 8 aromatic rings. The van der Waals surface area contributed by atoms with Crippen molar-refractivity contribution < 1.29 is 38.9 Å². The highest BCUT2D eigenvalue weighted by molar-refractivity contribution is 6.37. The number of amides is 4. The molecule has 0 atom stereocenters. The Morgan fingerprint density at radius 3 is 1.15 bits per heavy atom. The van der Waals surface area contributed by atoms with Crippen molar-refractivity contribution in [2.75, 3.05) is 9.80 Å². The van der Waals surface area contributed by atoms with Gasteiger partial charge in [0.2, 0.25) is 0 Å². The van der Waals surface area contributed by atoms with E-state index in [1.807, 2.05) is 48.5 Å². The zero-order valence-electron chi connectivity index (χ0n) is 32.7. The molecule has 0 aromatic heterocycles. The largest absolute Gasteiger partial charge is 0.507 e. The molecule has 0 saturated heterocycles. The number of nitrogens with zero attached hydrogens (tertiary/aromatic N) is 2. The second-order valence-corrected chi connectivity index (χ2v) is 15.5. The molecule has 10 heteroatoms. The molecule has 2 aliphatic rings. The summed E-state index contributed by atoms with van der Waals surface area (Å²) in [5.41, 5.74) is 3.43. The second kappa shape index (κ2) is 14.0. The zero-order chi connectivity index (χ0) is 42.2. The molecule has 0 saturated carbocycles. The van der Waals surface area contributed by atoms with Crippen LogP contribution in [0, 0.1) is 0 Å². The predicted octanol–water partition coefficient (Wildman–Crippen LogP) is 10.9. The van der Waals surface area contributed by atoms with Crippen LogP contribution in [0.3, 0.4) is 0 Å². The highest BCUT2D eigenvalue weighted by Crippen LogP contribution is 2.41. The molecule has 0 bridgehead atoms. The Morgan fingerprint density at radius 1 is 0.393 bits per heavy atom. The van der Waals surface area contributed by atoms with Gasteiger partial charge in [0.1, 0.15) is 34.5 Å². The predicted molar refractivity (Wildman–Crippen MR) is 232 cm³/mol. The van der Waals surface area contributed by atoms with E-state index in [0.717, 1.165) is 20.9 Å². The molecule has 0 spiro atoms. The standard InChI is InChI=1S/C51H34N2O8/c1-51(2,29-15-19-31(20-16-29)60-33-23-25-39-41(27-33)49(58)52(47(39)56)43-11-3-9-37-35(43)7-5-13-45(37)54)30-17-21-32(22-18-30)61-34-24-26-40-42(28-34)50(59)53(48(40)57)44-12-4-10-38-36(44)8-6-14-46(38)55/h3-28,54-55H,1-2H3. The van der Waals surface area contributed by atoms with Crippen LogP contribution in [0.4, 0.5) is 11.4 Å². The highest BCUT2D eigenvalue weighted by Gasteiger charge is 2.39. The van der Waals surface area contributed by atoms with Gasteiger partial charge in [-0.15, -0.1) is 0 Å². The smallest absolute Gasteiger partial charge is 0.266 e. The van der Waals surface area contributed by atoms with E-state index in [9.17, 15) is 29.4 Å². The first-order valence-electron chi connectivity index (χ1n) is 19.5. The van der Waals surface area contributed by atoms with Crippen LogP contribution in [0.1, 0.15) is 66.4 Å². The lowest BCUT2D eigenvalue weighted by Gasteiger charge is -2.26. The SMILES string of the molecule is CC(C)(c1ccc(Oc2ccc3c(c2)C(=O)N(c2cccc4c(O)cccc24)C3=O)cc1)c1ccc(Oc2ccc3c(c2)C(=O)N(c2cccc4c(O)cccc24)C3=O)cc1. The third-order valence-corrected chi connectivity index (χ3v) is 11.6. The lowest BCUT2D eigenvalue weighted by atomic mass is 9.78. The third-order valence-electron chi connectivity index (χ3n) is 11.6. The summed E-state index contributed by atoms with van der Waals surface area (Å²) in [6, 6.07) is 45.3. The molecule has 0 unspecified atom stereocenters. The maximum absolute atomic E-state index is 13.7. The van der Waals surface area contributed by atoms with Crippen LogP contribution in [0.2, 0.25) is 0 Å². The lowest BCUT2D eigenvalue weighted by Crippen LogP contribution is -2.29. The van der Waals surface area contributed by atoms with Gasteiger partial charge in [-0.25, -0.2) is 9.80 Å². The zero-order valence-corrected chi connectivity index (χ0v) is 32.7. The van der Waals surface area contributed by atoms with Crippen LogP contribution in [-0.4, -0.2) is 33.8 Å². The highest BCUT2D eigenvalue weighted by atomic mass is 16.5. The van der Waals surface area contributed by atoms with Crippen molar-refractivity contribution in [1.29, 1.82) is 0 Å². The van der Waals surface area contributed by atoms with Gasteiger partial charge in [0.05, 0.1) is 33.6 Å². The molecule has 8 aromatic carbocycles. The normalized spacial score (nSPS) is 13.6. The average molecular weight is 803 g/mol. The minimum atomic E-state index is -0.471. The number of hydrogen-bond acceptors (Lipinski definition) is 8. The van der Waals surface area contributed by atoms with Gasteiger partial charge in [-0.1, -0.05) is 86.6 Å². The van der Waals surface area contributed by atoms with Crippen LogP contribution in [0.5, 0.6) is 34.5 Å². The van der Waals surface area contributed by atoms with Gasteiger partial charge in [0, 0.05) is 27.0 Å². The molecule has 61 heavy (non-hydrogen) atoms. The molecule has 10 rings (SSSR count). The maximum atomic E-state index is 13.7. The number of ether oxygens (including phenoxy) is 2. The molecule has 10 nitrogen and oxygen atoms in total. The Kier molecular flexibility index (Phi) is 8.48. The number of aromatic hydroxyl groups is 2. The van der Waals surface area contributed by atoms with Crippen molar-refractivity contribution >= 4 is 56.5 Å². The van der Waals surface area contributed by atoms with Crippen molar-refractivity contribution in [1.82, 2.24) is 0 Å². The van der Waals surface area contributed by atoms with E-state index in [1.165, 1.54) is 0 Å². The first kappa shape index (κ1) is 37.1. The molecule has 2 aliphatic heterocycles. The summed E-state index contributed by atoms with van der Waals surface area (Å²) in [7, 11) is 0. The number of anilines is 2. The minimum absolute atomic E-state index is 0.0625. The monoisotopic (exact) mass is 802 g/mol. The van der Waals surface area contributed by atoms with Crippen LogP contribution >= 0.6 is 0 Å². The lowest BCUT2D eigenvalue weighted by molar-refractivity contribution is 0.0910. The Balaban J connectivity index is 0.822. The van der Waals surface area contributed by atoms with Gasteiger partial charge >= 0.3 is 0 Å². The average Bonchev–Trinajstić information content (AvgIpc) is 3.66. The van der Waals surface area contributed by atoms with Crippen LogP contribution in [0.25, 0.3) is 21.5 Å². The van der Waals surface area contributed by atoms with Crippen LogP contribution < -0.4 is 19.3 Å². The fourth-order valence-corrected chi connectivity index (χ4v) is 8.27. The summed E-state index contributed by atoms with van der Waals surface area (Å²) in [5, 5.41) is 23.0. The minimum Gasteiger partial charge on any atom is -0.507 e. The number of phenolic OH excluding ortho intramolecular Hbond substituents is 2. The number of fused-ring (bicyclic) bond motifs is 4. The van der Waals surface area contributed by atoms with E-state index < -0.39 is 29.0 Å². The van der Waals surface area contributed by atoms with E-state index in [2.05, 4.69) is 13.8 Å². The summed E-state index contributed by atoms with van der Waals surface area (Å²) >= 11 is 0. The van der Waals surface area contributed by atoms with Crippen molar-refractivity contribution in [3.63, 3.8) is 0 Å². The van der Waals surface area contributed by atoms with E-state index in [4.69, 9.17) is 9.47 Å². The van der Waals surface area contributed by atoms with Gasteiger partial charge in [0.25, 0.3) is 23.6 Å². The number of hydrogen-bond donors (Lipinski definition) is 2. The second-order valence-electron chi connectivity index (χ2n) is 15.5. The number of carbonyl (C=O) groups excluding carboxylic acids is 4. The summed E-state index contributed by atoms with van der Waals surface area (Å²) in [6.07, 6.45) is 0. The van der Waals surface area contributed by atoms with Gasteiger partial charge < -0.3 is 19.7 Å². The van der Waals surface area contributed by atoms with E-state index in [1.54, 1.807) is 109 Å². The number of phenols is 2. The topological polar surface area (TPSA) is 134 Å². The van der Waals surface area contributed by atoms with Gasteiger partial charge in [-0.3, -0.25) is 19.2 Å². The fraction of sp³-hybridized carbons (Fsp3) is 0.0588. The number of carbonyl (C=O) groups is 4. The Labute approximate surface area is 349 Å². The number of imide groups is 2. The molecule has 0 radical (unpaired) electrons. The van der Waals surface area contributed by atoms with Crippen molar-refractivity contribution in [3.05, 3.63) is 191 Å². The number of benzene rings is 8. The molecular formula is C51H34N2O8. The van der Waals surface area contributed by atoms with E-state index in [0.29, 0.717) is 55.9 Å². The molecule has 0 aliphatic carbocycles. The summed E-state index contributed by atoms with van der Waals surface area (Å²) in [4.78, 5) is 56.5. The van der Waals surface area contributed by atoms with Crippen LogP contribution in [0.15, 0.2) is 158 Å². The first-order chi connectivity index (χ1) is 29.5. The molecule has 2 N–H and O–H groups in total. The fourth-order valence-electron chi connectivity index (χ4n) is 8.27. The first-order valence-corrected chi connectivity index (χ1v) is 19.5. The third kappa shape index (κ3) is 6.03. The van der Waals surface area contributed by atoms with Crippen molar-refractivity contribution in [3.8, 4) is 34.5 Å². The molecule has 0 fully saturated rings. The quantitative estimate of drug-likeness (QED) is 0.145. The maximum Gasteiger partial charge on any atom is 0.266 e. The molecule has 4 amide bonds. The van der Waals surface area contributed by atoms with E-state index in [-0.39, 0.29) is 33.8 Å². The van der Waals surface area contributed by atoms with E-state index >= 15 is 0 Å². The molecular weight excluding hydrogens is 769 g/mol. The Bertz CT molecular complexity index is 2960. The summed E-state index contributed by atoms with van der Waals surface area (Å²) in [6.45, 7) is 4.22.